The second kappa shape index (κ2) is 8.10. The zero-order chi connectivity index (χ0) is 15.9. The lowest BCUT2D eigenvalue weighted by Crippen LogP contribution is -2.45. The van der Waals surface area contributed by atoms with Crippen LogP contribution >= 0.6 is 0 Å². The summed E-state index contributed by atoms with van der Waals surface area (Å²) in [4.78, 5) is 18.4. The Morgan fingerprint density at radius 1 is 1.41 bits per heavy atom. The molecule has 0 unspecified atom stereocenters. The molecule has 0 saturated carbocycles. The monoisotopic (exact) mass is 307 g/mol. The number of methoxy groups -OCH3 is 1. The van der Waals surface area contributed by atoms with Gasteiger partial charge < -0.3 is 19.7 Å². The van der Waals surface area contributed by atoms with Crippen LogP contribution in [0.2, 0.25) is 0 Å². The normalized spacial score (nSPS) is 21.7. The summed E-state index contributed by atoms with van der Waals surface area (Å²) in [5, 5.41) is 2.85. The highest BCUT2D eigenvalue weighted by Gasteiger charge is 2.22. The lowest BCUT2D eigenvalue weighted by molar-refractivity contribution is -0.116. The number of rotatable bonds is 6. The molecule has 2 atom stereocenters. The number of hydrogen-bond acceptors (Lipinski definition) is 5. The average molecular weight is 307 g/mol. The Labute approximate surface area is 131 Å². The van der Waals surface area contributed by atoms with Gasteiger partial charge in [-0.1, -0.05) is 0 Å². The van der Waals surface area contributed by atoms with Crippen molar-refractivity contribution in [2.45, 2.75) is 38.9 Å². The highest BCUT2D eigenvalue weighted by Crippen LogP contribution is 2.19. The highest BCUT2D eigenvalue weighted by atomic mass is 16.5. The van der Waals surface area contributed by atoms with Crippen LogP contribution in [0, 0.1) is 0 Å². The smallest absolute Gasteiger partial charge is 0.224 e. The van der Waals surface area contributed by atoms with Crippen LogP contribution in [0.5, 0.6) is 0 Å². The molecule has 0 aliphatic carbocycles. The summed E-state index contributed by atoms with van der Waals surface area (Å²) in [6, 6.07) is 3.83. The van der Waals surface area contributed by atoms with E-state index in [1.165, 1.54) is 0 Å². The van der Waals surface area contributed by atoms with Crippen LogP contribution in [-0.4, -0.2) is 49.9 Å². The molecule has 1 aromatic heterocycles. The van der Waals surface area contributed by atoms with Crippen molar-refractivity contribution in [1.29, 1.82) is 0 Å². The van der Waals surface area contributed by atoms with Gasteiger partial charge in [-0.15, -0.1) is 0 Å². The van der Waals surface area contributed by atoms with E-state index in [1.807, 2.05) is 12.1 Å². The molecule has 1 aromatic rings. The molecular weight excluding hydrogens is 282 g/mol. The topological polar surface area (TPSA) is 63.7 Å². The van der Waals surface area contributed by atoms with Gasteiger partial charge in [0.25, 0.3) is 0 Å². The molecule has 1 N–H and O–H groups in total. The third-order valence-electron chi connectivity index (χ3n) is 3.53. The third kappa shape index (κ3) is 4.96. The van der Waals surface area contributed by atoms with Crippen LogP contribution in [0.4, 0.5) is 11.5 Å². The molecule has 1 amide bonds. The van der Waals surface area contributed by atoms with E-state index < -0.39 is 0 Å². The van der Waals surface area contributed by atoms with Crippen molar-refractivity contribution in [2.75, 3.05) is 37.0 Å². The van der Waals surface area contributed by atoms with E-state index in [4.69, 9.17) is 9.47 Å². The lowest BCUT2D eigenvalue weighted by Gasteiger charge is -2.36. The molecule has 1 aliphatic heterocycles. The summed E-state index contributed by atoms with van der Waals surface area (Å²) in [6.07, 6.45) is 3.27. The quantitative estimate of drug-likeness (QED) is 0.815. The number of anilines is 2. The number of carbonyl (C=O) groups is 1. The summed E-state index contributed by atoms with van der Waals surface area (Å²) in [5.41, 5.74) is 0.723. The summed E-state index contributed by atoms with van der Waals surface area (Å²) >= 11 is 0. The summed E-state index contributed by atoms with van der Waals surface area (Å²) in [7, 11) is 1.63. The number of pyridine rings is 1. The molecule has 6 nitrogen and oxygen atoms in total. The number of aromatic nitrogens is 1. The number of nitrogens with one attached hydrogen (secondary N) is 1. The predicted octanol–water partition coefficient (Wildman–Crippen LogP) is 2.06. The second-order valence-electron chi connectivity index (χ2n) is 5.71. The molecule has 0 bridgehead atoms. The van der Waals surface area contributed by atoms with Gasteiger partial charge >= 0.3 is 0 Å². The average Bonchev–Trinajstić information content (AvgIpc) is 2.47. The van der Waals surface area contributed by atoms with Gasteiger partial charge in [0.1, 0.15) is 5.82 Å². The van der Waals surface area contributed by atoms with Crippen LogP contribution < -0.4 is 10.2 Å². The van der Waals surface area contributed by atoms with Gasteiger partial charge in [0.2, 0.25) is 5.91 Å². The first-order valence-corrected chi connectivity index (χ1v) is 7.73. The first-order valence-electron chi connectivity index (χ1n) is 7.73. The molecule has 1 aliphatic rings. The SMILES string of the molecule is COCCCC(=O)Nc1ccc(N2C[C@@H](C)O[C@@H](C)C2)nc1. The van der Waals surface area contributed by atoms with Crippen molar-refractivity contribution < 1.29 is 14.3 Å². The maximum absolute atomic E-state index is 11.7. The minimum Gasteiger partial charge on any atom is -0.385 e. The van der Waals surface area contributed by atoms with Crippen molar-refractivity contribution in [3.63, 3.8) is 0 Å². The summed E-state index contributed by atoms with van der Waals surface area (Å²) < 4.78 is 10.7. The Morgan fingerprint density at radius 2 is 2.14 bits per heavy atom. The molecule has 122 valence electrons. The van der Waals surface area contributed by atoms with Crippen LogP contribution in [0.1, 0.15) is 26.7 Å². The van der Waals surface area contributed by atoms with E-state index >= 15 is 0 Å². The van der Waals surface area contributed by atoms with Crippen molar-refractivity contribution in [1.82, 2.24) is 4.98 Å². The van der Waals surface area contributed by atoms with Crippen molar-refractivity contribution in [3.05, 3.63) is 18.3 Å². The fraction of sp³-hybridized carbons (Fsp3) is 0.625. The zero-order valence-corrected chi connectivity index (χ0v) is 13.5. The largest absolute Gasteiger partial charge is 0.385 e. The van der Waals surface area contributed by atoms with Gasteiger partial charge in [0.15, 0.2) is 0 Å². The van der Waals surface area contributed by atoms with Crippen LogP contribution in [-0.2, 0) is 14.3 Å². The van der Waals surface area contributed by atoms with E-state index in [9.17, 15) is 4.79 Å². The molecule has 0 aromatic carbocycles. The number of hydrogen-bond donors (Lipinski definition) is 1. The Bertz CT molecular complexity index is 468. The van der Waals surface area contributed by atoms with E-state index in [1.54, 1.807) is 13.3 Å². The molecule has 1 fully saturated rings. The molecule has 1 saturated heterocycles. The first-order chi connectivity index (χ1) is 10.6. The van der Waals surface area contributed by atoms with Gasteiger partial charge in [-0.3, -0.25) is 4.79 Å². The summed E-state index contributed by atoms with van der Waals surface area (Å²) in [6.45, 7) is 6.40. The van der Waals surface area contributed by atoms with E-state index in [2.05, 4.69) is 29.0 Å². The Balaban J connectivity index is 1.88. The number of ether oxygens (including phenoxy) is 2. The number of amides is 1. The Hall–Kier alpha value is -1.66. The Morgan fingerprint density at radius 3 is 2.73 bits per heavy atom. The van der Waals surface area contributed by atoms with Gasteiger partial charge in [0, 0.05) is 33.2 Å². The van der Waals surface area contributed by atoms with E-state index in [-0.39, 0.29) is 18.1 Å². The van der Waals surface area contributed by atoms with Crippen LogP contribution in [0.3, 0.4) is 0 Å². The third-order valence-corrected chi connectivity index (χ3v) is 3.53. The number of morpholine rings is 1. The highest BCUT2D eigenvalue weighted by molar-refractivity contribution is 5.90. The van der Waals surface area contributed by atoms with Crippen LogP contribution in [0.25, 0.3) is 0 Å². The minimum absolute atomic E-state index is 0.0137. The van der Waals surface area contributed by atoms with Gasteiger partial charge in [0.05, 0.1) is 24.1 Å². The minimum atomic E-state index is -0.0137. The first kappa shape index (κ1) is 16.7. The molecule has 2 rings (SSSR count). The summed E-state index contributed by atoms with van der Waals surface area (Å²) in [5.74, 6) is 0.902. The van der Waals surface area contributed by atoms with Crippen molar-refractivity contribution >= 4 is 17.4 Å². The van der Waals surface area contributed by atoms with Gasteiger partial charge in [-0.05, 0) is 32.4 Å². The molecule has 22 heavy (non-hydrogen) atoms. The van der Waals surface area contributed by atoms with E-state index in [0.717, 1.165) is 31.0 Å². The van der Waals surface area contributed by atoms with Gasteiger partial charge in [-0.2, -0.15) is 0 Å². The Kier molecular flexibility index (Phi) is 6.15. The standard InChI is InChI=1S/C16H25N3O3/c1-12-10-19(11-13(2)22-12)15-7-6-14(9-17-15)18-16(20)5-4-8-21-3/h6-7,9,12-13H,4-5,8,10-11H2,1-3H3,(H,18,20)/t12-,13+. The number of carbonyl (C=O) groups excluding carboxylic acids is 1. The lowest BCUT2D eigenvalue weighted by atomic mass is 10.2. The predicted molar refractivity (Wildman–Crippen MR) is 86.2 cm³/mol. The second-order valence-corrected chi connectivity index (χ2v) is 5.71. The van der Waals surface area contributed by atoms with Gasteiger partial charge in [-0.25, -0.2) is 4.98 Å². The maximum Gasteiger partial charge on any atom is 0.224 e. The zero-order valence-electron chi connectivity index (χ0n) is 13.5. The van der Waals surface area contributed by atoms with Crippen molar-refractivity contribution in [2.24, 2.45) is 0 Å². The molecule has 0 spiro atoms. The molecular formula is C16H25N3O3. The molecule has 2 heterocycles. The maximum atomic E-state index is 11.7. The van der Waals surface area contributed by atoms with Crippen LogP contribution in [0.15, 0.2) is 18.3 Å². The number of nitrogens with zero attached hydrogens (tertiary/aromatic N) is 2. The fourth-order valence-corrected chi connectivity index (χ4v) is 2.61. The van der Waals surface area contributed by atoms with Crippen molar-refractivity contribution in [3.8, 4) is 0 Å². The molecule has 6 heteroatoms. The fourth-order valence-electron chi connectivity index (χ4n) is 2.61. The van der Waals surface area contributed by atoms with E-state index in [0.29, 0.717) is 13.0 Å². The molecule has 0 radical (unpaired) electrons.